The van der Waals surface area contributed by atoms with Gasteiger partial charge in [-0.2, -0.15) is 11.8 Å². The highest BCUT2D eigenvalue weighted by Gasteiger charge is 2.16. The van der Waals surface area contributed by atoms with Crippen LogP contribution in [0.5, 0.6) is 0 Å². The standard InChI is InChI=1S/C13H15BrN2S/c14-11-3-4-16-12(7-11)8-15-13(16)6-10-2-1-5-17-9-10/h3-4,7-8,10H,1-2,5-6,9H2. The van der Waals surface area contributed by atoms with E-state index in [4.69, 9.17) is 0 Å². The Morgan fingerprint density at radius 1 is 1.53 bits per heavy atom. The summed E-state index contributed by atoms with van der Waals surface area (Å²) in [7, 11) is 0. The quantitative estimate of drug-likeness (QED) is 0.839. The highest BCUT2D eigenvalue weighted by Crippen LogP contribution is 2.26. The van der Waals surface area contributed by atoms with Gasteiger partial charge in [0.15, 0.2) is 0 Å². The summed E-state index contributed by atoms with van der Waals surface area (Å²) in [5.41, 5.74) is 1.18. The van der Waals surface area contributed by atoms with Crippen LogP contribution in [0.4, 0.5) is 0 Å². The number of nitrogens with zero attached hydrogens (tertiary/aromatic N) is 2. The van der Waals surface area contributed by atoms with Crippen LogP contribution in [0.2, 0.25) is 0 Å². The molecule has 0 aliphatic carbocycles. The average Bonchev–Trinajstić information content (AvgIpc) is 2.73. The number of aromatic nitrogens is 2. The van der Waals surface area contributed by atoms with E-state index < -0.39 is 0 Å². The van der Waals surface area contributed by atoms with Gasteiger partial charge in [-0.15, -0.1) is 0 Å². The Hall–Kier alpha value is -0.480. The number of hydrogen-bond acceptors (Lipinski definition) is 2. The molecule has 90 valence electrons. The van der Waals surface area contributed by atoms with Crippen molar-refractivity contribution in [1.29, 1.82) is 0 Å². The van der Waals surface area contributed by atoms with E-state index in [1.165, 1.54) is 35.7 Å². The van der Waals surface area contributed by atoms with Crippen molar-refractivity contribution >= 4 is 33.2 Å². The zero-order valence-electron chi connectivity index (χ0n) is 9.60. The van der Waals surface area contributed by atoms with Gasteiger partial charge in [0.25, 0.3) is 0 Å². The van der Waals surface area contributed by atoms with E-state index >= 15 is 0 Å². The second kappa shape index (κ2) is 5.02. The van der Waals surface area contributed by atoms with Gasteiger partial charge < -0.3 is 4.40 Å². The fourth-order valence-corrected chi connectivity index (χ4v) is 3.91. The molecule has 1 fully saturated rings. The van der Waals surface area contributed by atoms with Crippen LogP contribution in [0.25, 0.3) is 5.52 Å². The van der Waals surface area contributed by atoms with Crippen molar-refractivity contribution < 1.29 is 0 Å². The maximum atomic E-state index is 4.56. The first-order valence-corrected chi connectivity index (χ1v) is 7.97. The largest absolute Gasteiger partial charge is 0.304 e. The minimum Gasteiger partial charge on any atom is -0.304 e. The molecule has 0 bridgehead atoms. The van der Waals surface area contributed by atoms with Crippen LogP contribution in [0, 0.1) is 5.92 Å². The maximum absolute atomic E-state index is 4.56. The fourth-order valence-electron chi connectivity index (χ4n) is 2.41. The van der Waals surface area contributed by atoms with E-state index in [1.54, 1.807) is 0 Å². The minimum absolute atomic E-state index is 0.808. The first-order chi connectivity index (χ1) is 8.33. The number of pyridine rings is 1. The molecule has 3 rings (SSSR count). The van der Waals surface area contributed by atoms with Gasteiger partial charge in [-0.1, -0.05) is 15.9 Å². The minimum atomic E-state index is 0.808. The lowest BCUT2D eigenvalue weighted by Gasteiger charge is -2.20. The van der Waals surface area contributed by atoms with Crippen molar-refractivity contribution in [1.82, 2.24) is 9.38 Å². The van der Waals surface area contributed by atoms with Crippen molar-refractivity contribution in [3.8, 4) is 0 Å². The summed E-state index contributed by atoms with van der Waals surface area (Å²) in [5, 5.41) is 0. The van der Waals surface area contributed by atoms with Crippen molar-refractivity contribution in [2.24, 2.45) is 5.92 Å². The van der Waals surface area contributed by atoms with Gasteiger partial charge in [0.05, 0.1) is 11.7 Å². The number of hydrogen-bond donors (Lipinski definition) is 0. The predicted octanol–water partition coefficient (Wildman–Crippen LogP) is 3.78. The molecule has 1 unspecified atom stereocenters. The third-order valence-corrected chi connectivity index (χ3v) is 5.07. The number of fused-ring (bicyclic) bond motifs is 1. The smallest absolute Gasteiger partial charge is 0.113 e. The molecule has 0 N–H and O–H groups in total. The highest BCUT2D eigenvalue weighted by atomic mass is 79.9. The Morgan fingerprint density at radius 2 is 2.47 bits per heavy atom. The van der Waals surface area contributed by atoms with Gasteiger partial charge in [-0.25, -0.2) is 4.98 Å². The van der Waals surface area contributed by atoms with Gasteiger partial charge in [0.1, 0.15) is 5.82 Å². The third kappa shape index (κ3) is 2.52. The summed E-state index contributed by atoms with van der Waals surface area (Å²) in [6.07, 6.45) is 7.92. The second-order valence-corrected chi connectivity index (χ2v) is 6.67. The van der Waals surface area contributed by atoms with E-state index in [-0.39, 0.29) is 0 Å². The zero-order valence-corrected chi connectivity index (χ0v) is 12.0. The number of halogens is 1. The van der Waals surface area contributed by atoms with E-state index in [0.29, 0.717) is 0 Å². The van der Waals surface area contributed by atoms with Gasteiger partial charge in [-0.05, 0) is 42.4 Å². The van der Waals surface area contributed by atoms with Crippen LogP contribution in [0.15, 0.2) is 29.0 Å². The SMILES string of the molecule is Brc1ccn2c(CC3CCCSC3)ncc2c1. The Morgan fingerprint density at radius 3 is 3.29 bits per heavy atom. The molecule has 0 spiro atoms. The zero-order chi connectivity index (χ0) is 11.7. The molecule has 17 heavy (non-hydrogen) atoms. The van der Waals surface area contributed by atoms with E-state index in [2.05, 4.69) is 55.4 Å². The van der Waals surface area contributed by atoms with Gasteiger partial charge >= 0.3 is 0 Å². The van der Waals surface area contributed by atoms with Crippen LogP contribution in [-0.2, 0) is 6.42 Å². The molecule has 0 saturated carbocycles. The summed E-state index contributed by atoms with van der Waals surface area (Å²) >= 11 is 5.58. The summed E-state index contributed by atoms with van der Waals surface area (Å²) in [6.45, 7) is 0. The molecular formula is C13H15BrN2S. The predicted molar refractivity (Wildman–Crippen MR) is 76.6 cm³/mol. The highest BCUT2D eigenvalue weighted by molar-refractivity contribution is 9.10. The molecule has 3 heterocycles. The molecule has 4 heteroatoms. The Kier molecular flexibility index (Phi) is 3.43. The molecular weight excluding hydrogens is 296 g/mol. The van der Waals surface area contributed by atoms with Crippen LogP contribution < -0.4 is 0 Å². The molecule has 1 aliphatic rings. The van der Waals surface area contributed by atoms with E-state index in [9.17, 15) is 0 Å². The van der Waals surface area contributed by atoms with Crippen LogP contribution in [-0.4, -0.2) is 20.9 Å². The normalized spacial score (nSPS) is 20.9. The number of rotatable bonds is 2. The lowest BCUT2D eigenvalue weighted by molar-refractivity contribution is 0.507. The maximum Gasteiger partial charge on any atom is 0.113 e. The van der Waals surface area contributed by atoms with Crippen molar-refractivity contribution in [2.45, 2.75) is 19.3 Å². The Balaban J connectivity index is 1.84. The Labute approximate surface area is 114 Å². The van der Waals surface area contributed by atoms with E-state index in [0.717, 1.165) is 16.8 Å². The first kappa shape index (κ1) is 11.6. The molecule has 2 aromatic rings. The van der Waals surface area contributed by atoms with Gasteiger partial charge in [0.2, 0.25) is 0 Å². The summed E-state index contributed by atoms with van der Waals surface area (Å²) in [4.78, 5) is 4.56. The molecule has 2 aromatic heterocycles. The first-order valence-electron chi connectivity index (χ1n) is 6.02. The molecule has 0 amide bonds. The second-order valence-electron chi connectivity index (χ2n) is 4.60. The monoisotopic (exact) mass is 310 g/mol. The van der Waals surface area contributed by atoms with E-state index in [1.807, 2.05) is 6.20 Å². The average molecular weight is 311 g/mol. The topological polar surface area (TPSA) is 17.3 Å². The van der Waals surface area contributed by atoms with Crippen LogP contribution in [0.1, 0.15) is 18.7 Å². The molecule has 1 atom stereocenters. The van der Waals surface area contributed by atoms with Crippen molar-refractivity contribution in [2.75, 3.05) is 11.5 Å². The number of imidazole rings is 1. The Bertz CT molecular complexity index is 517. The third-order valence-electron chi connectivity index (χ3n) is 3.30. The van der Waals surface area contributed by atoms with Gasteiger partial charge in [-0.3, -0.25) is 0 Å². The number of thioether (sulfide) groups is 1. The molecule has 0 radical (unpaired) electrons. The molecule has 2 nitrogen and oxygen atoms in total. The summed E-state index contributed by atoms with van der Waals surface area (Å²) in [6, 6.07) is 4.19. The van der Waals surface area contributed by atoms with Gasteiger partial charge in [0, 0.05) is 17.1 Å². The molecule has 1 aliphatic heterocycles. The summed E-state index contributed by atoms with van der Waals surface area (Å²) < 4.78 is 3.33. The van der Waals surface area contributed by atoms with Crippen molar-refractivity contribution in [3.63, 3.8) is 0 Å². The summed E-state index contributed by atoms with van der Waals surface area (Å²) in [5.74, 6) is 4.65. The lowest BCUT2D eigenvalue weighted by atomic mass is 10.0. The van der Waals surface area contributed by atoms with Crippen LogP contribution >= 0.6 is 27.7 Å². The lowest BCUT2D eigenvalue weighted by Crippen LogP contribution is -2.14. The molecule has 0 aromatic carbocycles. The van der Waals surface area contributed by atoms with Crippen LogP contribution in [0.3, 0.4) is 0 Å². The van der Waals surface area contributed by atoms with Crippen molar-refractivity contribution in [3.05, 3.63) is 34.8 Å². The fraction of sp³-hybridized carbons (Fsp3) is 0.462. The molecule has 1 saturated heterocycles.